The van der Waals surface area contributed by atoms with Gasteiger partial charge in [-0.3, -0.25) is 0 Å². The van der Waals surface area contributed by atoms with Gasteiger partial charge in [0.2, 0.25) is 10.0 Å². The second kappa shape index (κ2) is 5.43. The molecule has 1 rings (SSSR count). The summed E-state index contributed by atoms with van der Waals surface area (Å²) in [6, 6.07) is 6.76. The minimum atomic E-state index is -3.38. The molecule has 0 bridgehead atoms. The first kappa shape index (κ1) is 13.2. The summed E-state index contributed by atoms with van der Waals surface area (Å²) in [6.45, 7) is 4.13. The van der Waals surface area contributed by atoms with Gasteiger partial charge in [-0.25, -0.2) is 13.1 Å². The normalized spacial score (nSPS) is 13.7. The van der Waals surface area contributed by atoms with Gasteiger partial charge in [0.25, 0.3) is 0 Å². The Hall–Kier alpha value is -0.910. The average Bonchev–Trinajstić information content (AvgIpc) is 2.17. The number of rotatable bonds is 5. The van der Waals surface area contributed by atoms with Crippen LogP contribution in [0.25, 0.3) is 0 Å². The molecule has 16 heavy (non-hydrogen) atoms. The van der Waals surface area contributed by atoms with Gasteiger partial charge >= 0.3 is 0 Å². The number of aryl methyl sites for hydroxylation is 1. The maximum Gasteiger partial charge on any atom is 0.240 e. The predicted molar refractivity (Wildman–Crippen MR) is 64.6 cm³/mol. The Kier molecular flexibility index (Phi) is 4.46. The van der Waals surface area contributed by atoms with E-state index in [0.29, 0.717) is 17.9 Å². The molecule has 0 aliphatic carbocycles. The highest BCUT2D eigenvalue weighted by Crippen LogP contribution is 2.09. The van der Waals surface area contributed by atoms with E-state index in [9.17, 15) is 8.42 Å². The Morgan fingerprint density at radius 3 is 2.38 bits per heavy atom. The lowest BCUT2D eigenvalue weighted by molar-refractivity contribution is 0.572. The van der Waals surface area contributed by atoms with Crippen LogP contribution in [0.5, 0.6) is 0 Å². The van der Waals surface area contributed by atoms with Gasteiger partial charge in [0.05, 0.1) is 4.90 Å². The lowest BCUT2D eigenvalue weighted by Crippen LogP contribution is -2.29. The van der Waals surface area contributed by atoms with E-state index in [1.807, 2.05) is 13.8 Å². The summed E-state index contributed by atoms with van der Waals surface area (Å²) in [5.74, 6) is 0. The van der Waals surface area contributed by atoms with Crippen molar-refractivity contribution in [2.45, 2.75) is 31.2 Å². The summed E-state index contributed by atoms with van der Waals surface area (Å²) in [7, 11) is -3.38. The molecule has 1 atom stereocenters. The van der Waals surface area contributed by atoms with Crippen LogP contribution in [0, 0.1) is 6.92 Å². The molecule has 0 heterocycles. The van der Waals surface area contributed by atoms with E-state index < -0.39 is 10.0 Å². The second-order valence-electron chi connectivity index (χ2n) is 3.98. The number of hydrogen-bond donors (Lipinski definition) is 2. The summed E-state index contributed by atoms with van der Waals surface area (Å²) in [5, 5.41) is 0. The minimum Gasteiger partial charge on any atom is -0.328 e. The Labute approximate surface area is 96.9 Å². The zero-order valence-electron chi connectivity index (χ0n) is 9.60. The van der Waals surface area contributed by atoms with Gasteiger partial charge < -0.3 is 5.73 Å². The number of sulfonamides is 1. The molecule has 0 amide bonds. The van der Waals surface area contributed by atoms with Crippen LogP contribution in [0.15, 0.2) is 29.2 Å². The quantitative estimate of drug-likeness (QED) is 0.809. The molecule has 90 valence electrons. The first-order valence-corrected chi connectivity index (χ1v) is 6.72. The van der Waals surface area contributed by atoms with Crippen molar-refractivity contribution < 1.29 is 8.42 Å². The number of benzene rings is 1. The van der Waals surface area contributed by atoms with E-state index in [-0.39, 0.29) is 6.04 Å². The van der Waals surface area contributed by atoms with Gasteiger partial charge in [-0.05, 0) is 32.4 Å². The van der Waals surface area contributed by atoms with Crippen molar-refractivity contribution >= 4 is 10.0 Å². The Balaban J connectivity index is 2.67. The van der Waals surface area contributed by atoms with Crippen LogP contribution >= 0.6 is 0 Å². The van der Waals surface area contributed by atoms with Crippen LogP contribution in [-0.4, -0.2) is 21.0 Å². The zero-order chi connectivity index (χ0) is 12.2. The SMILES string of the molecule is Cc1ccc(S(=O)(=O)NCCC(C)N)cc1. The summed E-state index contributed by atoms with van der Waals surface area (Å²) in [6.07, 6.45) is 0.630. The molecule has 0 aliphatic rings. The molecular formula is C11H18N2O2S. The van der Waals surface area contributed by atoms with Gasteiger partial charge in [0.15, 0.2) is 0 Å². The third-order valence-electron chi connectivity index (χ3n) is 2.22. The third-order valence-corrected chi connectivity index (χ3v) is 3.70. The summed E-state index contributed by atoms with van der Waals surface area (Å²) < 4.78 is 26.1. The molecule has 1 aromatic carbocycles. The smallest absolute Gasteiger partial charge is 0.240 e. The molecule has 0 aromatic heterocycles. The summed E-state index contributed by atoms with van der Waals surface area (Å²) >= 11 is 0. The highest BCUT2D eigenvalue weighted by Gasteiger charge is 2.12. The predicted octanol–water partition coefficient (Wildman–Crippen LogP) is 1.01. The van der Waals surface area contributed by atoms with E-state index >= 15 is 0 Å². The Morgan fingerprint density at radius 2 is 1.88 bits per heavy atom. The van der Waals surface area contributed by atoms with Crippen molar-refractivity contribution in [2.24, 2.45) is 5.73 Å². The van der Waals surface area contributed by atoms with Gasteiger partial charge in [0.1, 0.15) is 0 Å². The van der Waals surface area contributed by atoms with Crippen LogP contribution in [-0.2, 0) is 10.0 Å². The van der Waals surface area contributed by atoms with Crippen molar-refractivity contribution in [2.75, 3.05) is 6.54 Å². The first-order valence-electron chi connectivity index (χ1n) is 5.24. The fourth-order valence-electron chi connectivity index (χ4n) is 1.22. The van der Waals surface area contributed by atoms with Crippen molar-refractivity contribution in [3.63, 3.8) is 0 Å². The second-order valence-corrected chi connectivity index (χ2v) is 5.74. The molecule has 0 radical (unpaired) electrons. The van der Waals surface area contributed by atoms with Crippen LogP contribution < -0.4 is 10.5 Å². The van der Waals surface area contributed by atoms with Crippen LogP contribution in [0.1, 0.15) is 18.9 Å². The maximum absolute atomic E-state index is 11.8. The summed E-state index contributed by atoms with van der Waals surface area (Å²) in [5.41, 5.74) is 6.58. The van der Waals surface area contributed by atoms with Crippen LogP contribution in [0.3, 0.4) is 0 Å². The number of nitrogens with two attached hydrogens (primary N) is 1. The van der Waals surface area contributed by atoms with E-state index in [2.05, 4.69) is 4.72 Å². The molecule has 1 unspecified atom stereocenters. The zero-order valence-corrected chi connectivity index (χ0v) is 10.4. The van der Waals surface area contributed by atoms with Gasteiger partial charge in [-0.2, -0.15) is 0 Å². The van der Waals surface area contributed by atoms with E-state index in [1.54, 1.807) is 24.3 Å². The van der Waals surface area contributed by atoms with E-state index in [0.717, 1.165) is 5.56 Å². The monoisotopic (exact) mass is 242 g/mol. The highest BCUT2D eigenvalue weighted by molar-refractivity contribution is 7.89. The van der Waals surface area contributed by atoms with E-state index in [1.165, 1.54) is 0 Å². The lowest BCUT2D eigenvalue weighted by Gasteiger charge is -2.08. The van der Waals surface area contributed by atoms with Gasteiger partial charge in [0, 0.05) is 12.6 Å². The first-order chi connectivity index (χ1) is 7.42. The fourth-order valence-corrected chi connectivity index (χ4v) is 2.27. The molecule has 0 spiro atoms. The average molecular weight is 242 g/mol. The molecule has 3 N–H and O–H groups in total. The minimum absolute atomic E-state index is 0.000665. The topological polar surface area (TPSA) is 72.2 Å². The Bertz CT molecular complexity index is 424. The number of hydrogen-bond acceptors (Lipinski definition) is 3. The molecule has 5 heteroatoms. The van der Waals surface area contributed by atoms with Crippen LogP contribution in [0.2, 0.25) is 0 Å². The Morgan fingerprint density at radius 1 is 1.31 bits per heavy atom. The molecule has 0 fully saturated rings. The fraction of sp³-hybridized carbons (Fsp3) is 0.455. The third kappa shape index (κ3) is 3.92. The molecule has 0 aliphatic heterocycles. The molecule has 1 aromatic rings. The van der Waals surface area contributed by atoms with Gasteiger partial charge in [-0.15, -0.1) is 0 Å². The largest absolute Gasteiger partial charge is 0.328 e. The molecule has 0 saturated carbocycles. The van der Waals surface area contributed by atoms with Crippen molar-refractivity contribution in [1.29, 1.82) is 0 Å². The van der Waals surface area contributed by atoms with Crippen molar-refractivity contribution in [1.82, 2.24) is 4.72 Å². The molecule has 4 nitrogen and oxygen atoms in total. The van der Waals surface area contributed by atoms with Crippen molar-refractivity contribution in [3.05, 3.63) is 29.8 Å². The number of nitrogens with one attached hydrogen (secondary N) is 1. The standard InChI is InChI=1S/C11H18N2O2S/c1-9-3-5-11(6-4-9)16(14,15)13-8-7-10(2)12/h3-6,10,13H,7-8,12H2,1-2H3. The maximum atomic E-state index is 11.8. The van der Waals surface area contributed by atoms with Crippen molar-refractivity contribution in [3.8, 4) is 0 Å². The van der Waals surface area contributed by atoms with E-state index in [4.69, 9.17) is 5.73 Å². The van der Waals surface area contributed by atoms with Crippen LogP contribution in [0.4, 0.5) is 0 Å². The molecule has 0 saturated heterocycles. The highest BCUT2D eigenvalue weighted by atomic mass is 32.2. The molecular weight excluding hydrogens is 224 g/mol. The van der Waals surface area contributed by atoms with Gasteiger partial charge in [-0.1, -0.05) is 17.7 Å². The lowest BCUT2D eigenvalue weighted by atomic mass is 10.2. The summed E-state index contributed by atoms with van der Waals surface area (Å²) in [4.78, 5) is 0.294.